The van der Waals surface area contributed by atoms with E-state index in [0.29, 0.717) is 6.04 Å². The van der Waals surface area contributed by atoms with Crippen LogP contribution in [0.15, 0.2) is 0 Å². The molecule has 3 unspecified atom stereocenters. The highest BCUT2D eigenvalue weighted by molar-refractivity contribution is 4.86. The number of hydrogen-bond acceptors (Lipinski definition) is 2. The zero-order valence-electron chi connectivity index (χ0n) is 9.46. The predicted molar refractivity (Wildman–Crippen MR) is 58.3 cm³/mol. The van der Waals surface area contributed by atoms with Crippen LogP contribution >= 0.6 is 0 Å². The molecule has 1 aliphatic heterocycles. The molecule has 2 fully saturated rings. The molecule has 0 aromatic heterocycles. The first kappa shape index (κ1) is 10.4. The van der Waals surface area contributed by atoms with Crippen molar-refractivity contribution in [2.75, 3.05) is 19.8 Å². The van der Waals surface area contributed by atoms with Gasteiger partial charge in [-0.1, -0.05) is 6.92 Å². The van der Waals surface area contributed by atoms with Crippen molar-refractivity contribution < 1.29 is 4.74 Å². The van der Waals surface area contributed by atoms with E-state index in [0.717, 1.165) is 31.0 Å². The van der Waals surface area contributed by atoms with E-state index >= 15 is 0 Å². The average Bonchev–Trinajstić information content (AvgIpc) is 2.92. The van der Waals surface area contributed by atoms with Crippen LogP contribution in [-0.4, -0.2) is 25.8 Å². The molecule has 2 nitrogen and oxygen atoms in total. The van der Waals surface area contributed by atoms with Crippen molar-refractivity contribution in [3.05, 3.63) is 0 Å². The van der Waals surface area contributed by atoms with E-state index in [9.17, 15) is 0 Å². The zero-order valence-corrected chi connectivity index (χ0v) is 9.46. The number of rotatable bonds is 4. The maximum atomic E-state index is 5.38. The Labute approximate surface area is 87.4 Å². The van der Waals surface area contributed by atoms with E-state index in [1.165, 1.54) is 25.8 Å². The van der Waals surface area contributed by atoms with E-state index in [2.05, 4.69) is 19.2 Å². The molecule has 0 aromatic carbocycles. The Morgan fingerprint density at radius 3 is 2.57 bits per heavy atom. The van der Waals surface area contributed by atoms with E-state index < -0.39 is 0 Å². The second-order valence-corrected chi connectivity index (χ2v) is 5.12. The Kier molecular flexibility index (Phi) is 3.45. The molecule has 1 aliphatic carbocycles. The van der Waals surface area contributed by atoms with Crippen LogP contribution in [0.4, 0.5) is 0 Å². The quantitative estimate of drug-likeness (QED) is 0.744. The van der Waals surface area contributed by atoms with Crippen molar-refractivity contribution >= 4 is 0 Å². The molecular formula is C12H23NO. The molecule has 2 aliphatic rings. The molecule has 3 atom stereocenters. The summed E-state index contributed by atoms with van der Waals surface area (Å²) < 4.78 is 5.38. The minimum atomic E-state index is 0.687. The maximum absolute atomic E-state index is 5.38. The third-order valence-corrected chi connectivity index (χ3v) is 3.95. The van der Waals surface area contributed by atoms with Gasteiger partial charge in [0.2, 0.25) is 0 Å². The lowest BCUT2D eigenvalue weighted by Crippen LogP contribution is -2.37. The van der Waals surface area contributed by atoms with E-state index in [1.54, 1.807) is 0 Å². The highest BCUT2D eigenvalue weighted by atomic mass is 16.5. The van der Waals surface area contributed by atoms with Crippen molar-refractivity contribution in [3.63, 3.8) is 0 Å². The van der Waals surface area contributed by atoms with Crippen LogP contribution in [0.2, 0.25) is 0 Å². The smallest absolute Gasteiger partial charge is 0.0469 e. The van der Waals surface area contributed by atoms with Crippen LogP contribution < -0.4 is 5.32 Å². The van der Waals surface area contributed by atoms with E-state index in [1.807, 2.05) is 0 Å². The SMILES string of the molecule is CC1CC1CNC(C)C1CCOCC1. The van der Waals surface area contributed by atoms with Crippen molar-refractivity contribution in [2.45, 2.75) is 39.2 Å². The van der Waals surface area contributed by atoms with Crippen molar-refractivity contribution in [1.82, 2.24) is 5.32 Å². The molecule has 2 heteroatoms. The summed E-state index contributed by atoms with van der Waals surface area (Å²) in [6.07, 6.45) is 3.93. The predicted octanol–water partition coefficient (Wildman–Crippen LogP) is 2.05. The highest BCUT2D eigenvalue weighted by Gasteiger charge is 2.32. The molecule has 0 amide bonds. The molecule has 1 saturated carbocycles. The molecule has 0 aromatic rings. The Morgan fingerprint density at radius 2 is 2.00 bits per heavy atom. The first-order valence-corrected chi connectivity index (χ1v) is 6.08. The third-order valence-electron chi connectivity index (χ3n) is 3.95. The molecule has 0 bridgehead atoms. The maximum Gasteiger partial charge on any atom is 0.0469 e. The molecule has 1 heterocycles. The second-order valence-electron chi connectivity index (χ2n) is 5.12. The standard InChI is InChI=1S/C12H23NO/c1-9-7-12(9)8-13-10(2)11-3-5-14-6-4-11/h9-13H,3-8H2,1-2H3. The van der Waals surface area contributed by atoms with Gasteiger partial charge in [0.1, 0.15) is 0 Å². The molecule has 14 heavy (non-hydrogen) atoms. The summed E-state index contributed by atoms with van der Waals surface area (Å²) in [4.78, 5) is 0. The summed E-state index contributed by atoms with van der Waals surface area (Å²) in [6, 6.07) is 0.687. The summed E-state index contributed by atoms with van der Waals surface area (Å²) in [7, 11) is 0. The summed E-state index contributed by atoms with van der Waals surface area (Å²) in [6.45, 7) is 7.86. The molecule has 2 rings (SSSR count). The summed E-state index contributed by atoms with van der Waals surface area (Å²) in [5, 5.41) is 3.69. The minimum Gasteiger partial charge on any atom is -0.381 e. The lowest BCUT2D eigenvalue weighted by atomic mass is 9.93. The first-order chi connectivity index (χ1) is 6.77. The number of ether oxygens (including phenoxy) is 1. The zero-order chi connectivity index (χ0) is 9.97. The summed E-state index contributed by atoms with van der Waals surface area (Å²) in [5.41, 5.74) is 0. The van der Waals surface area contributed by atoms with Gasteiger partial charge in [0.15, 0.2) is 0 Å². The molecule has 1 saturated heterocycles. The van der Waals surface area contributed by atoms with Crippen molar-refractivity contribution in [1.29, 1.82) is 0 Å². The fourth-order valence-electron chi connectivity index (χ4n) is 2.40. The van der Waals surface area contributed by atoms with Crippen molar-refractivity contribution in [3.8, 4) is 0 Å². The highest BCUT2D eigenvalue weighted by Crippen LogP contribution is 2.37. The van der Waals surface area contributed by atoms with Gasteiger partial charge >= 0.3 is 0 Å². The Morgan fingerprint density at radius 1 is 1.36 bits per heavy atom. The van der Waals surface area contributed by atoms with Crippen LogP contribution in [0.5, 0.6) is 0 Å². The van der Waals surface area contributed by atoms with Gasteiger partial charge in [-0.2, -0.15) is 0 Å². The molecular weight excluding hydrogens is 174 g/mol. The van der Waals surface area contributed by atoms with Crippen LogP contribution in [0.25, 0.3) is 0 Å². The third kappa shape index (κ3) is 2.71. The van der Waals surface area contributed by atoms with Crippen LogP contribution in [0, 0.1) is 17.8 Å². The molecule has 0 radical (unpaired) electrons. The largest absolute Gasteiger partial charge is 0.381 e. The van der Waals surface area contributed by atoms with E-state index in [-0.39, 0.29) is 0 Å². The normalized spacial score (nSPS) is 35.6. The number of hydrogen-bond donors (Lipinski definition) is 1. The molecule has 1 N–H and O–H groups in total. The lowest BCUT2D eigenvalue weighted by molar-refractivity contribution is 0.0558. The lowest BCUT2D eigenvalue weighted by Gasteiger charge is -2.28. The summed E-state index contributed by atoms with van der Waals surface area (Å²) >= 11 is 0. The van der Waals surface area contributed by atoms with Gasteiger partial charge in [-0.3, -0.25) is 0 Å². The topological polar surface area (TPSA) is 21.3 Å². The van der Waals surface area contributed by atoms with Gasteiger partial charge in [-0.15, -0.1) is 0 Å². The summed E-state index contributed by atoms with van der Waals surface area (Å²) in [5.74, 6) is 2.79. The monoisotopic (exact) mass is 197 g/mol. The minimum absolute atomic E-state index is 0.687. The van der Waals surface area contributed by atoms with Gasteiger partial charge in [-0.25, -0.2) is 0 Å². The second kappa shape index (κ2) is 4.63. The Balaban J connectivity index is 1.63. The number of nitrogens with one attached hydrogen (secondary N) is 1. The first-order valence-electron chi connectivity index (χ1n) is 6.08. The van der Waals surface area contributed by atoms with Crippen LogP contribution in [0.3, 0.4) is 0 Å². The fourth-order valence-corrected chi connectivity index (χ4v) is 2.40. The van der Waals surface area contributed by atoms with Gasteiger partial charge in [0.05, 0.1) is 0 Å². The Hall–Kier alpha value is -0.0800. The van der Waals surface area contributed by atoms with E-state index in [4.69, 9.17) is 4.74 Å². The molecule has 0 spiro atoms. The van der Waals surface area contributed by atoms with Crippen LogP contribution in [0.1, 0.15) is 33.1 Å². The van der Waals surface area contributed by atoms with Gasteiger partial charge < -0.3 is 10.1 Å². The Bertz CT molecular complexity index is 177. The van der Waals surface area contributed by atoms with Gasteiger partial charge in [0, 0.05) is 19.3 Å². The van der Waals surface area contributed by atoms with Gasteiger partial charge in [0.25, 0.3) is 0 Å². The fraction of sp³-hybridized carbons (Fsp3) is 1.00. The van der Waals surface area contributed by atoms with Crippen molar-refractivity contribution in [2.24, 2.45) is 17.8 Å². The average molecular weight is 197 g/mol. The molecule has 82 valence electrons. The van der Waals surface area contributed by atoms with Gasteiger partial charge in [-0.05, 0) is 50.5 Å². The van der Waals surface area contributed by atoms with Crippen LogP contribution in [-0.2, 0) is 4.74 Å².